The van der Waals surface area contributed by atoms with E-state index in [2.05, 4.69) is 26.1 Å². The number of hydrogen-bond donors (Lipinski definition) is 1. The second-order valence-corrected chi connectivity index (χ2v) is 12.1. The number of nitrogens with zero attached hydrogens (tertiary/aromatic N) is 1. The molecule has 8 nitrogen and oxygen atoms in total. The number of carbonyl (C=O) groups excluding carboxylic acids is 1. The van der Waals surface area contributed by atoms with Crippen LogP contribution >= 0.6 is 0 Å². The van der Waals surface area contributed by atoms with Gasteiger partial charge in [0, 0.05) is 0 Å². The highest BCUT2D eigenvalue weighted by Crippen LogP contribution is 2.40. The molecule has 1 heterocycles. The predicted octanol–water partition coefficient (Wildman–Crippen LogP) is 4.45. The molecule has 0 aromatic heterocycles. The fourth-order valence-corrected chi connectivity index (χ4v) is 5.59. The number of sulfonamides is 1. The van der Waals surface area contributed by atoms with Crippen LogP contribution in [0.1, 0.15) is 31.9 Å². The number of nitrogens with one attached hydrogen (secondary N) is 1. The van der Waals surface area contributed by atoms with Gasteiger partial charge >= 0.3 is 0 Å². The third-order valence-corrected chi connectivity index (χ3v) is 8.09. The topological polar surface area (TPSA) is 94.2 Å². The van der Waals surface area contributed by atoms with Crippen LogP contribution < -0.4 is 23.8 Å². The molecule has 202 valence electrons. The van der Waals surface area contributed by atoms with E-state index >= 15 is 0 Å². The van der Waals surface area contributed by atoms with Crippen molar-refractivity contribution in [2.24, 2.45) is 0 Å². The molecule has 0 aliphatic carbocycles. The molecule has 0 radical (unpaired) electrons. The van der Waals surface area contributed by atoms with E-state index in [9.17, 15) is 13.2 Å². The van der Waals surface area contributed by atoms with Crippen molar-refractivity contribution in [3.63, 3.8) is 0 Å². The van der Waals surface area contributed by atoms with Gasteiger partial charge in [0.2, 0.25) is 0 Å². The molecular weight excluding hydrogens is 504 g/mol. The Balaban J connectivity index is 1.56. The van der Waals surface area contributed by atoms with Crippen molar-refractivity contribution in [1.29, 1.82) is 0 Å². The Bertz CT molecular complexity index is 1400. The first-order valence-electron chi connectivity index (χ1n) is 12.4. The summed E-state index contributed by atoms with van der Waals surface area (Å²) in [4.78, 5) is 13.2. The molecule has 9 heteroatoms. The Labute approximate surface area is 224 Å². The van der Waals surface area contributed by atoms with E-state index in [0.717, 1.165) is 11.1 Å². The van der Waals surface area contributed by atoms with Crippen LogP contribution in [0.4, 0.5) is 5.69 Å². The van der Waals surface area contributed by atoms with Crippen LogP contribution in [0.15, 0.2) is 71.6 Å². The lowest BCUT2D eigenvalue weighted by Crippen LogP contribution is -2.51. The second-order valence-electron chi connectivity index (χ2n) is 10.2. The van der Waals surface area contributed by atoms with Crippen LogP contribution in [0, 0.1) is 6.92 Å². The molecule has 1 N–H and O–H groups in total. The van der Waals surface area contributed by atoms with E-state index < -0.39 is 22.0 Å². The number of aryl methyl sites for hydroxylation is 1. The molecule has 1 aliphatic heterocycles. The third-order valence-electron chi connectivity index (χ3n) is 6.29. The molecule has 38 heavy (non-hydrogen) atoms. The van der Waals surface area contributed by atoms with Gasteiger partial charge in [-0.25, -0.2) is 8.42 Å². The minimum absolute atomic E-state index is 0.0954. The van der Waals surface area contributed by atoms with Crippen molar-refractivity contribution >= 4 is 21.6 Å². The van der Waals surface area contributed by atoms with E-state index in [1.54, 1.807) is 18.2 Å². The van der Waals surface area contributed by atoms with Crippen molar-refractivity contribution < 1.29 is 27.4 Å². The van der Waals surface area contributed by atoms with Crippen molar-refractivity contribution in [2.75, 3.05) is 31.1 Å². The summed E-state index contributed by atoms with van der Waals surface area (Å²) in [5.74, 6) is 1.18. The average Bonchev–Trinajstić information content (AvgIpc) is 2.89. The zero-order valence-electron chi connectivity index (χ0n) is 22.4. The molecule has 1 aliphatic rings. The fraction of sp³-hybridized carbons (Fsp3) is 0.345. The number of methoxy groups -OCH3 is 1. The molecule has 0 saturated heterocycles. The summed E-state index contributed by atoms with van der Waals surface area (Å²) in [6.07, 6.45) is -1.03. The molecule has 0 bridgehead atoms. The highest BCUT2D eigenvalue weighted by Gasteiger charge is 2.38. The highest BCUT2D eigenvalue weighted by atomic mass is 32.2. The third kappa shape index (κ3) is 6.05. The van der Waals surface area contributed by atoms with Gasteiger partial charge < -0.3 is 19.5 Å². The minimum atomic E-state index is -4.00. The summed E-state index contributed by atoms with van der Waals surface area (Å²) >= 11 is 0. The first kappa shape index (κ1) is 27.3. The Kier molecular flexibility index (Phi) is 7.87. The standard InChI is InChI=1S/C29H34N2O6S/c1-20-7-6-8-23(17-20)36-16-15-30-28(32)27-19-31(38(33,34)24-12-10-22(35-5)11-13-24)25-18-21(29(2,3)4)9-14-26(25)37-27/h6-14,17-18,27H,15-16,19H2,1-5H3,(H,30,32)/t27-/m1/s1. The van der Waals surface area contributed by atoms with Gasteiger partial charge in [-0.05, 0) is 72.0 Å². The molecule has 0 saturated carbocycles. The van der Waals surface area contributed by atoms with Gasteiger partial charge in [0.05, 0.1) is 30.8 Å². The summed E-state index contributed by atoms with van der Waals surface area (Å²) in [6, 6.07) is 19.3. The molecule has 4 rings (SSSR count). The zero-order chi connectivity index (χ0) is 27.5. The van der Waals surface area contributed by atoms with Crippen LogP contribution in [-0.2, 0) is 20.2 Å². The molecule has 3 aromatic carbocycles. The number of benzene rings is 3. The maximum Gasteiger partial charge on any atom is 0.264 e. The van der Waals surface area contributed by atoms with Gasteiger partial charge in [-0.1, -0.05) is 39.0 Å². The number of ether oxygens (including phenoxy) is 3. The number of fused-ring (bicyclic) bond motifs is 1. The van der Waals surface area contributed by atoms with Gasteiger partial charge in [0.1, 0.15) is 23.9 Å². The van der Waals surface area contributed by atoms with Crippen LogP contribution in [0.5, 0.6) is 17.2 Å². The van der Waals surface area contributed by atoms with Gasteiger partial charge in [0.25, 0.3) is 15.9 Å². The maximum absolute atomic E-state index is 13.8. The SMILES string of the molecule is COc1ccc(S(=O)(=O)N2C[C@H](C(=O)NCCOc3cccc(C)c3)Oc3ccc(C(C)(C)C)cc32)cc1. The fourth-order valence-electron chi connectivity index (χ4n) is 4.12. The lowest BCUT2D eigenvalue weighted by molar-refractivity contribution is -0.127. The minimum Gasteiger partial charge on any atom is -0.497 e. The van der Waals surface area contributed by atoms with E-state index in [4.69, 9.17) is 14.2 Å². The van der Waals surface area contributed by atoms with Gasteiger partial charge in [0.15, 0.2) is 6.10 Å². The molecule has 0 spiro atoms. The largest absolute Gasteiger partial charge is 0.497 e. The van der Waals surface area contributed by atoms with E-state index in [-0.39, 0.29) is 30.0 Å². The van der Waals surface area contributed by atoms with Gasteiger partial charge in [-0.2, -0.15) is 0 Å². The van der Waals surface area contributed by atoms with Crippen LogP contribution in [0.25, 0.3) is 0 Å². The quantitative estimate of drug-likeness (QED) is 0.426. The van der Waals surface area contributed by atoms with Gasteiger partial charge in [-0.15, -0.1) is 0 Å². The predicted molar refractivity (Wildman–Crippen MR) is 147 cm³/mol. The molecule has 0 fully saturated rings. The van der Waals surface area contributed by atoms with Crippen LogP contribution in [0.2, 0.25) is 0 Å². The monoisotopic (exact) mass is 538 g/mol. The Morgan fingerprint density at radius 3 is 2.45 bits per heavy atom. The molecule has 0 unspecified atom stereocenters. The lowest BCUT2D eigenvalue weighted by atomic mass is 9.86. The average molecular weight is 539 g/mol. The van der Waals surface area contributed by atoms with Crippen molar-refractivity contribution in [3.05, 3.63) is 77.9 Å². The van der Waals surface area contributed by atoms with Gasteiger partial charge in [-0.3, -0.25) is 9.10 Å². The zero-order valence-corrected chi connectivity index (χ0v) is 23.2. The summed E-state index contributed by atoms with van der Waals surface area (Å²) in [6.45, 7) is 8.47. The molecule has 3 aromatic rings. The molecule has 1 atom stereocenters. The summed E-state index contributed by atoms with van der Waals surface area (Å²) < 4.78 is 45.8. The van der Waals surface area contributed by atoms with Crippen molar-refractivity contribution in [1.82, 2.24) is 5.32 Å². The van der Waals surface area contributed by atoms with E-state index in [0.29, 0.717) is 22.9 Å². The Hall–Kier alpha value is -3.72. The van der Waals surface area contributed by atoms with Crippen LogP contribution in [0.3, 0.4) is 0 Å². The normalized spacial score (nSPS) is 15.3. The number of carbonyl (C=O) groups is 1. The number of anilines is 1. The summed E-state index contributed by atoms with van der Waals surface area (Å²) in [5, 5.41) is 2.80. The van der Waals surface area contributed by atoms with E-state index in [1.165, 1.54) is 23.5 Å². The molecule has 1 amide bonds. The number of hydrogen-bond acceptors (Lipinski definition) is 6. The first-order valence-corrected chi connectivity index (χ1v) is 13.9. The Morgan fingerprint density at radius 1 is 1.05 bits per heavy atom. The Morgan fingerprint density at radius 2 is 1.79 bits per heavy atom. The van der Waals surface area contributed by atoms with Crippen molar-refractivity contribution in [2.45, 2.75) is 44.1 Å². The number of amides is 1. The lowest BCUT2D eigenvalue weighted by Gasteiger charge is -2.36. The summed E-state index contributed by atoms with van der Waals surface area (Å²) in [5.41, 5.74) is 2.22. The summed E-state index contributed by atoms with van der Waals surface area (Å²) in [7, 11) is -2.48. The van der Waals surface area contributed by atoms with Crippen LogP contribution in [-0.4, -0.2) is 47.2 Å². The number of rotatable bonds is 8. The molecular formula is C29H34N2O6S. The highest BCUT2D eigenvalue weighted by molar-refractivity contribution is 7.92. The van der Waals surface area contributed by atoms with E-state index in [1.807, 2.05) is 43.3 Å². The maximum atomic E-state index is 13.8. The van der Waals surface area contributed by atoms with Crippen molar-refractivity contribution in [3.8, 4) is 17.2 Å². The first-order chi connectivity index (χ1) is 18.0. The smallest absolute Gasteiger partial charge is 0.264 e. The second kappa shape index (κ2) is 10.9.